The van der Waals surface area contributed by atoms with Crippen molar-refractivity contribution in [3.63, 3.8) is 0 Å². The fraction of sp³-hybridized carbons (Fsp3) is 0.611. The molecule has 1 aromatic carbocycles. The fourth-order valence-electron chi connectivity index (χ4n) is 4.00. The fourth-order valence-corrected chi connectivity index (χ4v) is 4.27. The van der Waals surface area contributed by atoms with Crippen LogP contribution in [0.1, 0.15) is 45.1 Å². The molecule has 0 radical (unpaired) electrons. The Hall–Kier alpha value is -1.06. The summed E-state index contributed by atoms with van der Waals surface area (Å²) in [5.74, 6) is 0.456. The summed E-state index contributed by atoms with van der Waals surface area (Å²) in [6.07, 6.45) is 1.99. The summed E-state index contributed by atoms with van der Waals surface area (Å²) in [6.45, 7) is 8.86. The van der Waals surface area contributed by atoms with Gasteiger partial charge in [0.15, 0.2) is 0 Å². The van der Waals surface area contributed by atoms with Crippen molar-refractivity contribution in [1.82, 2.24) is 10.2 Å². The van der Waals surface area contributed by atoms with Crippen molar-refractivity contribution in [2.45, 2.75) is 45.1 Å². The Morgan fingerprint density at radius 3 is 2.64 bits per heavy atom. The Kier molecular flexibility index (Phi) is 3.98. The van der Waals surface area contributed by atoms with E-state index in [1.54, 1.807) is 0 Å². The lowest BCUT2D eigenvalue weighted by atomic mass is 9.69. The number of rotatable bonds is 1. The van der Waals surface area contributed by atoms with Gasteiger partial charge in [-0.2, -0.15) is 0 Å². The van der Waals surface area contributed by atoms with Gasteiger partial charge in [-0.3, -0.25) is 4.79 Å². The molecule has 1 N–H and O–H groups in total. The van der Waals surface area contributed by atoms with Crippen LogP contribution in [0.2, 0.25) is 5.02 Å². The first-order chi connectivity index (χ1) is 10.4. The van der Waals surface area contributed by atoms with E-state index in [1.807, 2.05) is 23.1 Å². The number of amides is 1. The van der Waals surface area contributed by atoms with Gasteiger partial charge < -0.3 is 10.2 Å². The van der Waals surface area contributed by atoms with Gasteiger partial charge in [0, 0.05) is 29.6 Å². The number of piperidine rings is 1. The first-order valence-corrected chi connectivity index (χ1v) is 8.51. The van der Waals surface area contributed by atoms with Gasteiger partial charge in [0.05, 0.1) is 5.41 Å². The third kappa shape index (κ3) is 2.44. The van der Waals surface area contributed by atoms with Crippen LogP contribution in [0.4, 0.5) is 0 Å². The Balaban J connectivity index is 2.06. The zero-order chi connectivity index (χ0) is 16.0. The van der Waals surface area contributed by atoms with Crippen molar-refractivity contribution in [3.8, 4) is 0 Å². The van der Waals surface area contributed by atoms with Crippen molar-refractivity contribution in [2.24, 2.45) is 5.41 Å². The van der Waals surface area contributed by atoms with Gasteiger partial charge in [0.25, 0.3) is 0 Å². The van der Waals surface area contributed by atoms with Crippen molar-refractivity contribution >= 4 is 17.5 Å². The molecule has 2 aliphatic rings. The zero-order valence-corrected chi connectivity index (χ0v) is 14.4. The maximum absolute atomic E-state index is 13.3. The van der Waals surface area contributed by atoms with Crippen LogP contribution in [-0.4, -0.2) is 36.0 Å². The summed E-state index contributed by atoms with van der Waals surface area (Å²) in [7, 11) is 0. The van der Waals surface area contributed by atoms with Crippen LogP contribution in [0.5, 0.6) is 0 Å². The first-order valence-electron chi connectivity index (χ1n) is 8.13. The molecule has 0 aliphatic carbocycles. The predicted octanol–water partition coefficient (Wildman–Crippen LogP) is 3.43. The van der Waals surface area contributed by atoms with Gasteiger partial charge in [-0.05, 0) is 51.8 Å². The number of carbonyl (C=O) groups excluding carboxylic acids is 1. The SMILES string of the molecule is CC(C)(C)N1C[C@H](c2ccccc2Cl)[C@]2(CCCNC2)C1=O. The maximum atomic E-state index is 13.3. The van der Waals surface area contributed by atoms with E-state index >= 15 is 0 Å². The summed E-state index contributed by atoms with van der Waals surface area (Å²) >= 11 is 6.47. The van der Waals surface area contributed by atoms with Gasteiger partial charge in [-0.25, -0.2) is 0 Å². The van der Waals surface area contributed by atoms with Crippen molar-refractivity contribution in [2.75, 3.05) is 19.6 Å². The molecule has 1 aromatic rings. The Labute approximate surface area is 138 Å². The average Bonchev–Trinajstić information content (AvgIpc) is 2.74. The molecule has 1 amide bonds. The van der Waals surface area contributed by atoms with E-state index in [0.29, 0.717) is 0 Å². The highest BCUT2D eigenvalue weighted by atomic mass is 35.5. The second-order valence-corrected chi connectivity index (χ2v) is 8.00. The van der Waals surface area contributed by atoms with Gasteiger partial charge in [-0.1, -0.05) is 29.8 Å². The van der Waals surface area contributed by atoms with Gasteiger partial charge >= 0.3 is 0 Å². The van der Waals surface area contributed by atoms with E-state index < -0.39 is 0 Å². The Morgan fingerprint density at radius 1 is 1.32 bits per heavy atom. The molecule has 3 rings (SSSR count). The predicted molar refractivity (Wildman–Crippen MR) is 90.2 cm³/mol. The van der Waals surface area contributed by atoms with Crippen LogP contribution < -0.4 is 5.32 Å². The molecule has 2 heterocycles. The van der Waals surface area contributed by atoms with E-state index in [9.17, 15) is 4.79 Å². The monoisotopic (exact) mass is 320 g/mol. The zero-order valence-electron chi connectivity index (χ0n) is 13.7. The van der Waals surface area contributed by atoms with Gasteiger partial charge in [-0.15, -0.1) is 0 Å². The summed E-state index contributed by atoms with van der Waals surface area (Å²) in [4.78, 5) is 15.3. The standard InChI is InChI=1S/C18H25ClN2O/c1-17(2,3)21-11-14(13-7-4-5-8-15(13)19)18(16(21)22)9-6-10-20-12-18/h4-5,7-8,14,20H,6,9-12H2,1-3H3/t14-,18-/m1/s1. The second-order valence-electron chi connectivity index (χ2n) is 7.60. The van der Waals surface area contributed by atoms with E-state index in [2.05, 4.69) is 32.2 Å². The molecule has 0 unspecified atom stereocenters. The number of hydrogen-bond acceptors (Lipinski definition) is 2. The molecule has 0 bridgehead atoms. The molecule has 2 fully saturated rings. The second kappa shape index (κ2) is 5.54. The summed E-state index contributed by atoms with van der Waals surface area (Å²) in [5, 5.41) is 4.23. The molecule has 2 atom stereocenters. The van der Waals surface area contributed by atoms with Crippen molar-refractivity contribution in [3.05, 3.63) is 34.9 Å². The molecule has 0 saturated carbocycles. The topological polar surface area (TPSA) is 32.3 Å². The minimum absolute atomic E-state index is 0.155. The van der Waals surface area contributed by atoms with Crippen LogP contribution in [0.25, 0.3) is 0 Å². The van der Waals surface area contributed by atoms with E-state index in [0.717, 1.165) is 43.1 Å². The number of benzene rings is 1. The van der Waals surface area contributed by atoms with E-state index in [-0.39, 0.29) is 22.8 Å². The molecule has 3 nitrogen and oxygen atoms in total. The van der Waals surface area contributed by atoms with Gasteiger partial charge in [0.1, 0.15) is 0 Å². The Morgan fingerprint density at radius 2 is 2.05 bits per heavy atom. The summed E-state index contributed by atoms with van der Waals surface area (Å²) in [6, 6.07) is 8.00. The minimum atomic E-state index is -0.337. The van der Waals surface area contributed by atoms with Crippen LogP contribution in [0, 0.1) is 5.41 Å². The van der Waals surface area contributed by atoms with Crippen molar-refractivity contribution < 1.29 is 4.79 Å². The largest absolute Gasteiger partial charge is 0.337 e. The molecule has 1 spiro atoms. The van der Waals surface area contributed by atoms with Crippen LogP contribution in [-0.2, 0) is 4.79 Å². The number of halogens is 1. The third-order valence-electron chi connectivity index (χ3n) is 5.21. The lowest BCUT2D eigenvalue weighted by molar-refractivity contribution is -0.141. The molecule has 0 aromatic heterocycles. The minimum Gasteiger partial charge on any atom is -0.337 e. The highest BCUT2D eigenvalue weighted by Crippen LogP contribution is 2.50. The number of likely N-dealkylation sites (tertiary alicyclic amines) is 1. The smallest absolute Gasteiger partial charge is 0.231 e. The third-order valence-corrected chi connectivity index (χ3v) is 5.55. The first kappa shape index (κ1) is 15.8. The molecule has 2 aliphatic heterocycles. The van der Waals surface area contributed by atoms with Gasteiger partial charge in [0.2, 0.25) is 5.91 Å². The van der Waals surface area contributed by atoms with E-state index in [4.69, 9.17) is 11.6 Å². The molecule has 4 heteroatoms. The van der Waals surface area contributed by atoms with Crippen LogP contribution in [0.3, 0.4) is 0 Å². The average molecular weight is 321 g/mol. The van der Waals surface area contributed by atoms with E-state index in [1.165, 1.54) is 0 Å². The molecular weight excluding hydrogens is 296 g/mol. The number of hydrogen-bond donors (Lipinski definition) is 1. The number of nitrogens with one attached hydrogen (secondary N) is 1. The van der Waals surface area contributed by atoms with Crippen LogP contribution in [0.15, 0.2) is 24.3 Å². The molecule has 22 heavy (non-hydrogen) atoms. The number of carbonyl (C=O) groups is 1. The van der Waals surface area contributed by atoms with Crippen molar-refractivity contribution in [1.29, 1.82) is 0 Å². The quantitative estimate of drug-likeness (QED) is 0.859. The lowest BCUT2D eigenvalue weighted by Gasteiger charge is -2.38. The van der Waals surface area contributed by atoms with Crippen LogP contribution >= 0.6 is 11.6 Å². The Bertz CT molecular complexity index is 573. The lowest BCUT2D eigenvalue weighted by Crippen LogP contribution is -2.50. The highest BCUT2D eigenvalue weighted by molar-refractivity contribution is 6.31. The molecular formula is C18H25ClN2O. The number of nitrogens with zero attached hydrogens (tertiary/aromatic N) is 1. The maximum Gasteiger partial charge on any atom is 0.231 e. The molecule has 120 valence electrons. The highest BCUT2D eigenvalue weighted by Gasteiger charge is 2.56. The molecule has 2 saturated heterocycles. The summed E-state index contributed by atoms with van der Waals surface area (Å²) < 4.78 is 0. The normalized spacial score (nSPS) is 29.4. The summed E-state index contributed by atoms with van der Waals surface area (Å²) in [5.41, 5.74) is 0.626.